The topological polar surface area (TPSA) is 147 Å². The second-order valence-electron chi connectivity index (χ2n) is 6.36. The minimum atomic E-state index is -1.04. The first-order valence-electron chi connectivity index (χ1n) is 7.38. The highest BCUT2D eigenvalue weighted by Crippen LogP contribution is 2.31. The number of hydrogen-bond acceptors (Lipinski definition) is 6. The molecule has 0 bridgehead atoms. The molecule has 0 heterocycles. The van der Waals surface area contributed by atoms with E-state index in [0.29, 0.717) is 6.42 Å². The molecule has 0 saturated heterocycles. The Kier molecular flexibility index (Phi) is 9.29. The number of carbonyl (C=O) groups is 2. The molecule has 0 aliphatic heterocycles. The minimum Gasteiger partial charge on any atom is -0.481 e. The van der Waals surface area contributed by atoms with Crippen molar-refractivity contribution in [2.75, 3.05) is 5.75 Å². The maximum absolute atomic E-state index is 13.3. The number of carbonyl (C=O) groups excluding carboxylic acids is 1. The lowest BCUT2D eigenvalue weighted by molar-refractivity contribution is -0.387. The largest absolute Gasteiger partial charge is 0.481 e. The molecule has 0 aliphatic rings. The van der Waals surface area contributed by atoms with Gasteiger partial charge >= 0.3 is 5.97 Å². The number of amides is 1. The third-order valence-corrected chi connectivity index (χ3v) is 3.69. The van der Waals surface area contributed by atoms with Crippen LogP contribution in [0.15, 0.2) is 17.0 Å². The second kappa shape index (κ2) is 10.4. The number of carboxylic acids is 1. The summed E-state index contributed by atoms with van der Waals surface area (Å²) in [5.41, 5.74) is 4.17. The van der Waals surface area contributed by atoms with Crippen LogP contribution in [0.2, 0.25) is 0 Å². The van der Waals surface area contributed by atoms with Gasteiger partial charge in [0.05, 0.1) is 21.8 Å². The molecule has 8 nitrogen and oxygen atoms in total. The average Bonchev–Trinajstić information content (AvgIpc) is 2.44. The maximum Gasteiger partial charge on any atom is 0.304 e. The van der Waals surface area contributed by atoms with E-state index in [2.05, 4.69) is 0 Å². The van der Waals surface area contributed by atoms with Gasteiger partial charge < -0.3 is 10.8 Å². The summed E-state index contributed by atoms with van der Waals surface area (Å²) in [5.74, 6) is -2.04. The Bertz CT molecular complexity index is 726. The number of nitrogens with zero attached hydrogens (tertiary/aromatic N) is 2. The van der Waals surface area contributed by atoms with E-state index in [1.54, 1.807) is 0 Å². The molecule has 26 heavy (non-hydrogen) atoms. The van der Waals surface area contributed by atoms with Crippen molar-refractivity contribution in [1.29, 1.82) is 5.26 Å². The maximum atomic E-state index is 13.3. The number of nitrogens with two attached hydrogens (primary N) is 1. The van der Waals surface area contributed by atoms with Crippen LogP contribution in [-0.4, -0.2) is 27.7 Å². The van der Waals surface area contributed by atoms with Gasteiger partial charge in [-0.25, -0.2) is 4.39 Å². The first-order chi connectivity index (χ1) is 11.9. The quantitative estimate of drug-likeness (QED) is 0.434. The SMILES string of the molecule is CC(C)(C)CC(N)=O.N#Cc1cc([N+](=O)[O-])c(SCCC(=O)O)cc1F. The normalized spacial score (nSPS) is 10.3. The van der Waals surface area contributed by atoms with Crippen LogP contribution in [0.1, 0.15) is 39.2 Å². The van der Waals surface area contributed by atoms with Gasteiger partial charge in [-0.05, 0) is 11.5 Å². The van der Waals surface area contributed by atoms with Gasteiger partial charge in [-0.2, -0.15) is 5.26 Å². The Labute approximate surface area is 154 Å². The number of carboxylic acid groups (broad SMARTS) is 1. The van der Waals surface area contributed by atoms with Crippen molar-refractivity contribution in [1.82, 2.24) is 0 Å². The summed E-state index contributed by atoms with van der Waals surface area (Å²) in [6.45, 7) is 5.95. The summed E-state index contributed by atoms with van der Waals surface area (Å²) in [4.78, 5) is 30.6. The van der Waals surface area contributed by atoms with Crippen molar-refractivity contribution in [3.05, 3.63) is 33.6 Å². The molecule has 3 N–H and O–H groups in total. The zero-order valence-corrected chi connectivity index (χ0v) is 15.4. The van der Waals surface area contributed by atoms with Gasteiger partial charge in [-0.1, -0.05) is 20.8 Å². The second-order valence-corrected chi connectivity index (χ2v) is 7.50. The van der Waals surface area contributed by atoms with Gasteiger partial charge in [-0.3, -0.25) is 19.7 Å². The van der Waals surface area contributed by atoms with E-state index in [0.717, 1.165) is 23.9 Å². The summed E-state index contributed by atoms with van der Waals surface area (Å²) in [5, 5.41) is 27.8. The highest BCUT2D eigenvalue weighted by Gasteiger charge is 2.19. The van der Waals surface area contributed by atoms with Gasteiger partial charge in [0, 0.05) is 18.2 Å². The molecular weight excluding hydrogens is 365 g/mol. The van der Waals surface area contributed by atoms with Crippen LogP contribution in [0, 0.1) is 32.7 Å². The molecule has 0 aliphatic carbocycles. The van der Waals surface area contributed by atoms with E-state index in [-0.39, 0.29) is 28.4 Å². The van der Waals surface area contributed by atoms with Crippen LogP contribution < -0.4 is 5.73 Å². The van der Waals surface area contributed by atoms with Crippen molar-refractivity contribution in [2.24, 2.45) is 11.1 Å². The molecule has 0 aromatic heterocycles. The molecule has 1 amide bonds. The number of aliphatic carboxylic acids is 1. The predicted molar refractivity (Wildman–Crippen MR) is 94.0 cm³/mol. The molecule has 0 atom stereocenters. The summed E-state index contributed by atoms with van der Waals surface area (Å²) < 4.78 is 13.3. The van der Waals surface area contributed by atoms with Crippen molar-refractivity contribution in [2.45, 2.75) is 38.5 Å². The first kappa shape index (κ1) is 23.3. The van der Waals surface area contributed by atoms with Gasteiger partial charge in [0.2, 0.25) is 5.91 Å². The van der Waals surface area contributed by atoms with Gasteiger partial charge in [-0.15, -0.1) is 11.8 Å². The van der Waals surface area contributed by atoms with Crippen LogP contribution in [0.5, 0.6) is 0 Å². The Morgan fingerprint density at radius 1 is 1.42 bits per heavy atom. The summed E-state index contributed by atoms with van der Waals surface area (Å²) in [6, 6.07) is 3.23. The standard InChI is InChI=1S/C10H7FN2O4S.C6H13NO/c11-7-4-9(18-2-1-10(14)15)8(13(16)17)3-6(7)5-12;1-6(2,3)4-5(7)8/h3-4H,1-2H2,(H,14,15);4H2,1-3H3,(H2,7,8). The Hall–Kier alpha value is -2.67. The number of rotatable bonds is 6. The van der Waals surface area contributed by atoms with Crippen LogP contribution in [0.3, 0.4) is 0 Å². The van der Waals surface area contributed by atoms with Crippen LogP contribution in [-0.2, 0) is 9.59 Å². The van der Waals surface area contributed by atoms with E-state index < -0.39 is 28.0 Å². The molecule has 0 saturated carbocycles. The Balaban J connectivity index is 0.000000660. The average molecular weight is 385 g/mol. The molecule has 0 radical (unpaired) electrons. The van der Waals surface area contributed by atoms with Gasteiger partial charge in [0.1, 0.15) is 11.9 Å². The number of nitro benzene ring substituents is 1. The van der Waals surface area contributed by atoms with E-state index in [4.69, 9.17) is 16.1 Å². The monoisotopic (exact) mass is 385 g/mol. The lowest BCUT2D eigenvalue weighted by Crippen LogP contribution is -2.19. The number of nitriles is 1. The fourth-order valence-corrected chi connectivity index (χ4v) is 2.62. The van der Waals surface area contributed by atoms with Crippen molar-refractivity contribution in [3.63, 3.8) is 0 Å². The lowest BCUT2D eigenvalue weighted by Gasteiger charge is -2.13. The number of hydrogen-bond donors (Lipinski definition) is 2. The smallest absolute Gasteiger partial charge is 0.304 e. The molecule has 0 spiro atoms. The molecule has 1 aromatic rings. The van der Waals surface area contributed by atoms with Crippen molar-refractivity contribution in [3.8, 4) is 6.07 Å². The zero-order chi connectivity index (χ0) is 20.5. The third kappa shape index (κ3) is 9.58. The summed E-state index contributed by atoms with van der Waals surface area (Å²) in [6.07, 6.45) is 0.274. The first-order valence-corrected chi connectivity index (χ1v) is 8.37. The number of nitro groups is 1. The predicted octanol–water partition coefficient (Wildman–Crippen LogP) is 3.08. The number of halogens is 1. The Morgan fingerprint density at radius 2 is 2.00 bits per heavy atom. The van der Waals surface area contributed by atoms with Crippen LogP contribution in [0.4, 0.5) is 10.1 Å². The van der Waals surface area contributed by atoms with E-state index >= 15 is 0 Å². The summed E-state index contributed by atoms with van der Waals surface area (Å²) in [7, 11) is 0. The molecule has 142 valence electrons. The molecular formula is C16H20FN3O5S. The van der Waals surface area contributed by atoms with Crippen molar-refractivity contribution >= 4 is 29.3 Å². The van der Waals surface area contributed by atoms with E-state index in [1.807, 2.05) is 20.8 Å². The van der Waals surface area contributed by atoms with Gasteiger partial charge in [0.25, 0.3) is 5.69 Å². The fraction of sp³-hybridized carbons (Fsp3) is 0.438. The number of thioether (sulfide) groups is 1. The highest BCUT2D eigenvalue weighted by molar-refractivity contribution is 7.99. The molecule has 1 aromatic carbocycles. The van der Waals surface area contributed by atoms with Gasteiger partial charge in [0.15, 0.2) is 0 Å². The lowest BCUT2D eigenvalue weighted by atomic mass is 9.92. The van der Waals surface area contributed by atoms with Crippen LogP contribution >= 0.6 is 11.8 Å². The van der Waals surface area contributed by atoms with E-state index in [1.165, 1.54) is 6.07 Å². The number of primary amides is 1. The zero-order valence-electron chi connectivity index (χ0n) is 14.6. The highest BCUT2D eigenvalue weighted by atomic mass is 32.2. The summed E-state index contributed by atoms with van der Waals surface area (Å²) >= 11 is 0.865. The third-order valence-electron chi connectivity index (χ3n) is 2.64. The Morgan fingerprint density at radius 3 is 2.35 bits per heavy atom. The molecule has 10 heteroatoms. The van der Waals surface area contributed by atoms with E-state index in [9.17, 15) is 24.1 Å². The fourth-order valence-electron chi connectivity index (χ4n) is 1.66. The number of benzene rings is 1. The minimum absolute atomic E-state index is 0.0118. The van der Waals surface area contributed by atoms with Crippen molar-refractivity contribution < 1.29 is 24.0 Å². The molecule has 0 unspecified atom stereocenters. The molecule has 1 rings (SSSR count). The molecule has 0 fully saturated rings. The van der Waals surface area contributed by atoms with Crippen LogP contribution in [0.25, 0.3) is 0 Å².